The van der Waals surface area contributed by atoms with Crippen LogP contribution >= 0.6 is 27.3 Å². The van der Waals surface area contributed by atoms with E-state index in [9.17, 15) is 4.79 Å². The van der Waals surface area contributed by atoms with E-state index in [1.165, 1.54) is 19.3 Å². The molecule has 2 fully saturated rings. The van der Waals surface area contributed by atoms with Gasteiger partial charge in [-0.05, 0) is 73.1 Å². The number of aryl methyl sites for hydroxylation is 1. The van der Waals surface area contributed by atoms with Crippen molar-refractivity contribution in [3.05, 3.63) is 20.3 Å². The van der Waals surface area contributed by atoms with E-state index < -0.39 is 0 Å². The molecule has 1 amide bonds. The van der Waals surface area contributed by atoms with Gasteiger partial charge in [0.25, 0.3) is 5.91 Å². The summed E-state index contributed by atoms with van der Waals surface area (Å²) in [6.07, 6.45) is 5.99. The Bertz CT molecular complexity index is 477. The third-order valence-corrected chi connectivity index (χ3v) is 6.57. The van der Waals surface area contributed by atoms with Crippen LogP contribution in [0.4, 0.5) is 0 Å². The minimum Gasteiger partial charge on any atom is -0.333 e. The van der Waals surface area contributed by atoms with Gasteiger partial charge in [-0.1, -0.05) is 0 Å². The molecule has 3 rings (SSSR count). The highest BCUT2D eigenvalue weighted by atomic mass is 79.9. The van der Waals surface area contributed by atoms with Crippen LogP contribution in [0.1, 0.15) is 47.3 Å². The Hall–Kier alpha value is -0.390. The van der Waals surface area contributed by atoms with Gasteiger partial charge in [0.05, 0.1) is 8.66 Å². The molecule has 2 unspecified atom stereocenters. The minimum atomic E-state index is 0.224. The lowest BCUT2D eigenvalue weighted by molar-refractivity contribution is 0.0568. The smallest absolute Gasteiger partial charge is 0.264 e. The molecule has 3 nitrogen and oxygen atoms in total. The number of hydrogen-bond donors (Lipinski definition) is 1. The first-order valence-corrected chi connectivity index (χ1v) is 9.08. The molecule has 0 saturated carbocycles. The molecule has 2 atom stereocenters. The minimum absolute atomic E-state index is 0.224. The number of halogens is 1. The second kappa shape index (κ2) is 6.16. The van der Waals surface area contributed by atoms with Crippen LogP contribution < -0.4 is 5.32 Å². The maximum absolute atomic E-state index is 12.8. The second-order valence-corrected chi connectivity index (χ2v) is 8.20. The second-order valence-electron chi connectivity index (χ2n) is 5.83. The average Bonchev–Trinajstić information content (AvgIpc) is 3.09. The predicted molar refractivity (Wildman–Crippen MR) is 86.5 cm³/mol. The molecule has 0 radical (unpaired) electrons. The van der Waals surface area contributed by atoms with Gasteiger partial charge < -0.3 is 10.2 Å². The molecule has 0 bridgehead atoms. The number of nitrogens with zero attached hydrogens (tertiary/aromatic N) is 1. The van der Waals surface area contributed by atoms with Gasteiger partial charge in [0.1, 0.15) is 0 Å². The van der Waals surface area contributed by atoms with Gasteiger partial charge in [0.2, 0.25) is 0 Å². The van der Waals surface area contributed by atoms with Crippen molar-refractivity contribution in [3.63, 3.8) is 0 Å². The Morgan fingerprint density at radius 3 is 2.90 bits per heavy atom. The number of amides is 1. The summed E-state index contributed by atoms with van der Waals surface area (Å²) in [4.78, 5) is 15.8. The molecule has 110 valence electrons. The molecule has 1 N–H and O–H groups in total. The lowest BCUT2D eigenvalue weighted by Gasteiger charge is -2.39. The monoisotopic (exact) mass is 356 g/mol. The van der Waals surface area contributed by atoms with Crippen LogP contribution in [0, 0.1) is 6.92 Å². The zero-order valence-corrected chi connectivity index (χ0v) is 14.2. The van der Waals surface area contributed by atoms with E-state index in [-0.39, 0.29) is 5.91 Å². The highest BCUT2D eigenvalue weighted by Gasteiger charge is 2.35. The first kappa shape index (κ1) is 14.5. The van der Waals surface area contributed by atoms with Gasteiger partial charge >= 0.3 is 0 Å². The Morgan fingerprint density at radius 2 is 2.25 bits per heavy atom. The standard InChI is InChI=1S/C15H21BrN2OS/c1-10-9-13(20-14(10)16)15(19)18-8-3-2-6-12(18)11-5-4-7-17-11/h9,11-12,17H,2-8H2,1H3. The van der Waals surface area contributed by atoms with Crippen LogP contribution in [-0.2, 0) is 0 Å². The summed E-state index contributed by atoms with van der Waals surface area (Å²) in [5.41, 5.74) is 1.16. The largest absolute Gasteiger partial charge is 0.333 e. The summed E-state index contributed by atoms with van der Waals surface area (Å²) in [5, 5.41) is 3.58. The zero-order valence-electron chi connectivity index (χ0n) is 11.8. The van der Waals surface area contributed by atoms with Crippen molar-refractivity contribution >= 4 is 33.2 Å². The van der Waals surface area contributed by atoms with Crippen LogP contribution in [0.25, 0.3) is 0 Å². The normalized spacial score (nSPS) is 27.0. The summed E-state index contributed by atoms with van der Waals surface area (Å²) < 4.78 is 1.08. The van der Waals surface area contributed by atoms with E-state index in [1.54, 1.807) is 11.3 Å². The van der Waals surface area contributed by atoms with Crippen molar-refractivity contribution in [2.45, 2.75) is 51.1 Å². The Morgan fingerprint density at radius 1 is 1.40 bits per heavy atom. The number of carbonyl (C=O) groups excluding carboxylic acids is 1. The topological polar surface area (TPSA) is 32.3 Å². The zero-order chi connectivity index (χ0) is 14.1. The highest BCUT2D eigenvalue weighted by molar-refractivity contribution is 9.11. The molecule has 1 aromatic rings. The molecule has 1 aromatic heterocycles. The number of rotatable bonds is 2. The van der Waals surface area contributed by atoms with Gasteiger partial charge in [-0.15, -0.1) is 11.3 Å². The van der Waals surface area contributed by atoms with Crippen molar-refractivity contribution in [2.75, 3.05) is 13.1 Å². The molecule has 20 heavy (non-hydrogen) atoms. The number of likely N-dealkylation sites (tertiary alicyclic amines) is 1. The predicted octanol–water partition coefficient (Wildman–Crippen LogP) is 3.57. The third kappa shape index (κ3) is 2.81. The molecule has 0 aliphatic carbocycles. The van der Waals surface area contributed by atoms with Gasteiger partial charge in [-0.3, -0.25) is 4.79 Å². The van der Waals surface area contributed by atoms with E-state index in [2.05, 4.69) is 26.1 Å². The van der Waals surface area contributed by atoms with E-state index in [4.69, 9.17) is 0 Å². The Kier molecular flexibility index (Phi) is 4.48. The van der Waals surface area contributed by atoms with Gasteiger partial charge in [0, 0.05) is 18.6 Å². The Labute approximate surface area is 132 Å². The van der Waals surface area contributed by atoms with Crippen LogP contribution in [0.15, 0.2) is 9.85 Å². The van der Waals surface area contributed by atoms with Gasteiger partial charge in [-0.25, -0.2) is 0 Å². The van der Waals surface area contributed by atoms with E-state index in [1.807, 2.05) is 13.0 Å². The summed E-state index contributed by atoms with van der Waals surface area (Å²) >= 11 is 5.09. The number of piperidine rings is 1. The summed E-state index contributed by atoms with van der Waals surface area (Å²) in [7, 11) is 0. The van der Waals surface area contributed by atoms with Crippen molar-refractivity contribution in [3.8, 4) is 0 Å². The SMILES string of the molecule is Cc1cc(C(=O)N2CCCCC2C2CCCN2)sc1Br. The molecular formula is C15H21BrN2OS. The molecule has 0 spiro atoms. The Balaban J connectivity index is 1.79. The van der Waals surface area contributed by atoms with Gasteiger partial charge in [0.15, 0.2) is 0 Å². The lowest BCUT2D eigenvalue weighted by atomic mass is 9.94. The van der Waals surface area contributed by atoms with Crippen molar-refractivity contribution < 1.29 is 4.79 Å². The quantitative estimate of drug-likeness (QED) is 0.878. The van der Waals surface area contributed by atoms with Crippen LogP contribution in [-0.4, -0.2) is 36.0 Å². The summed E-state index contributed by atoms with van der Waals surface area (Å²) in [6.45, 7) is 4.06. The summed E-state index contributed by atoms with van der Waals surface area (Å²) in [5.74, 6) is 0.224. The van der Waals surface area contributed by atoms with Crippen LogP contribution in [0.2, 0.25) is 0 Å². The van der Waals surface area contributed by atoms with E-state index in [0.717, 1.165) is 40.2 Å². The number of thiophene rings is 1. The van der Waals surface area contributed by atoms with Gasteiger partial charge in [-0.2, -0.15) is 0 Å². The van der Waals surface area contributed by atoms with E-state index >= 15 is 0 Å². The fourth-order valence-electron chi connectivity index (χ4n) is 3.37. The van der Waals surface area contributed by atoms with Crippen LogP contribution in [0.5, 0.6) is 0 Å². The summed E-state index contributed by atoms with van der Waals surface area (Å²) in [6, 6.07) is 2.91. The fraction of sp³-hybridized carbons (Fsp3) is 0.667. The van der Waals surface area contributed by atoms with E-state index in [0.29, 0.717) is 12.1 Å². The average molecular weight is 357 g/mol. The molecule has 2 aliphatic heterocycles. The molecule has 0 aromatic carbocycles. The lowest BCUT2D eigenvalue weighted by Crippen LogP contribution is -2.52. The van der Waals surface area contributed by atoms with Crippen molar-refractivity contribution in [2.24, 2.45) is 0 Å². The molecule has 3 heterocycles. The van der Waals surface area contributed by atoms with Crippen LogP contribution in [0.3, 0.4) is 0 Å². The highest BCUT2D eigenvalue weighted by Crippen LogP contribution is 2.31. The maximum Gasteiger partial charge on any atom is 0.264 e. The first-order valence-electron chi connectivity index (χ1n) is 7.47. The molecular weight excluding hydrogens is 336 g/mol. The first-order chi connectivity index (χ1) is 9.66. The molecule has 2 aliphatic rings. The third-order valence-electron chi connectivity index (χ3n) is 4.44. The molecule has 5 heteroatoms. The maximum atomic E-state index is 12.8. The number of hydrogen-bond acceptors (Lipinski definition) is 3. The molecule has 2 saturated heterocycles. The number of nitrogens with one attached hydrogen (secondary N) is 1. The number of carbonyl (C=O) groups is 1. The fourth-order valence-corrected chi connectivity index (χ4v) is 4.87. The van der Waals surface area contributed by atoms with Crippen molar-refractivity contribution in [1.82, 2.24) is 10.2 Å². The van der Waals surface area contributed by atoms with Crippen molar-refractivity contribution in [1.29, 1.82) is 0 Å².